The maximum absolute atomic E-state index is 5.19. The molecule has 0 radical (unpaired) electrons. The van der Waals surface area contributed by atoms with Crippen LogP contribution in [0, 0.1) is 6.92 Å². The number of hydrogen-bond acceptors (Lipinski definition) is 3. The van der Waals surface area contributed by atoms with Crippen LogP contribution in [0.2, 0.25) is 0 Å². The molecule has 6 heteroatoms. The number of nitrogens with one attached hydrogen (secondary N) is 1. The number of nitrogens with zero attached hydrogens (tertiary/aromatic N) is 2. The van der Waals surface area contributed by atoms with E-state index in [9.17, 15) is 0 Å². The number of halogens is 2. The van der Waals surface area contributed by atoms with Crippen molar-refractivity contribution in [2.75, 3.05) is 26.1 Å². The Labute approximate surface area is 155 Å². The minimum atomic E-state index is 0. The van der Waals surface area contributed by atoms with E-state index in [0.29, 0.717) is 0 Å². The van der Waals surface area contributed by atoms with Gasteiger partial charge in [0.05, 0.1) is 18.3 Å². The molecule has 1 heterocycles. The van der Waals surface area contributed by atoms with E-state index < -0.39 is 0 Å². The molecule has 4 nitrogen and oxygen atoms in total. The van der Waals surface area contributed by atoms with Crippen molar-refractivity contribution < 1.29 is 4.74 Å². The lowest BCUT2D eigenvalue weighted by atomic mass is 10.1. The second-order valence-corrected chi connectivity index (χ2v) is 5.73. The minimum Gasteiger partial charge on any atom is -0.497 e. The molecule has 0 unspecified atom stereocenters. The molecule has 24 heavy (non-hydrogen) atoms. The van der Waals surface area contributed by atoms with Gasteiger partial charge in [-0.3, -0.25) is 0 Å². The van der Waals surface area contributed by atoms with Crippen LogP contribution < -0.4 is 9.64 Å². The average Bonchev–Trinajstić information content (AvgIpc) is 2.89. The average molecular weight is 368 g/mol. The maximum Gasteiger partial charge on any atom is 0.118 e. The Kier molecular flexibility index (Phi) is 6.93. The van der Waals surface area contributed by atoms with Crippen molar-refractivity contribution in [3.63, 3.8) is 0 Å². The molecule has 1 aromatic heterocycles. The first-order valence-corrected chi connectivity index (χ1v) is 7.37. The number of benzene rings is 2. The summed E-state index contributed by atoms with van der Waals surface area (Å²) >= 11 is 0. The normalized spacial score (nSPS) is 10.0. The van der Waals surface area contributed by atoms with Crippen molar-refractivity contribution in [3.05, 3.63) is 53.3 Å². The van der Waals surface area contributed by atoms with E-state index in [-0.39, 0.29) is 24.8 Å². The van der Waals surface area contributed by atoms with Crippen LogP contribution in [0.4, 0.5) is 5.69 Å². The standard InChI is InChI=1S/C18H21N3O.2ClH/c1-12-5-10-15-17(18(12)21(2)3)20-16(19-15)11-13-6-8-14(22-4)9-7-13;;/h5-10H,11H2,1-4H3,(H,19,20);2*1H. The zero-order valence-corrected chi connectivity index (χ0v) is 15.9. The van der Waals surface area contributed by atoms with Gasteiger partial charge in [0.15, 0.2) is 0 Å². The highest BCUT2D eigenvalue weighted by Gasteiger charge is 2.12. The number of hydrogen-bond donors (Lipinski definition) is 1. The lowest BCUT2D eigenvalue weighted by molar-refractivity contribution is 0.414. The highest BCUT2D eigenvalue weighted by Crippen LogP contribution is 2.28. The number of ether oxygens (including phenoxy) is 1. The van der Waals surface area contributed by atoms with Crippen LogP contribution in [0.3, 0.4) is 0 Å². The molecule has 3 aromatic rings. The zero-order chi connectivity index (χ0) is 15.7. The second kappa shape index (κ2) is 8.27. The molecule has 0 spiro atoms. The highest BCUT2D eigenvalue weighted by molar-refractivity contribution is 5.90. The van der Waals surface area contributed by atoms with Crippen molar-refractivity contribution in [2.24, 2.45) is 0 Å². The Balaban J connectivity index is 0.00000144. The van der Waals surface area contributed by atoms with Gasteiger partial charge in [-0.15, -0.1) is 24.8 Å². The van der Waals surface area contributed by atoms with Crippen molar-refractivity contribution in [1.82, 2.24) is 9.97 Å². The summed E-state index contributed by atoms with van der Waals surface area (Å²) in [5.41, 5.74) is 5.74. The first-order valence-electron chi connectivity index (χ1n) is 7.37. The van der Waals surface area contributed by atoms with Crippen LogP contribution >= 0.6 is 24.8 Å². The number of methoxy groups -OCH3 is 1. The van der Waals surface area contributed by atoms with E-state index in [1.165, 1.54) is 16.8 Å². The van der Waals surface area contributed by atoms with E-state index in [1.807, 2.05) is 12.1 Å². The summed E-state index contributed by atoms with van der Waals surface area (Å²) < 4.78 is 5.19. The SMILES string of the molecule is COc1ccc(Cc2nc3c(N(C)C)c(C)ccc3[nH]2)cc1.Cl.Cl. The fourth-order valence-electron chi connectivity index (χ4n) is 2.80. The molecule has 0 bridgehead atoms. The van der Waals surface area contributed by atoms with Crippen LogP contribution in [-0.2, 0) is 6.42 Å². The van der Waals surface area contributed by atoms with Gasteiger partial charge in [0.1, 0.15) is 17.1 Å². The van der Waals surface area contributed by atoms with Crippen molar-refractivity contribution in [2.45, 2.75) is 13.3 Å². The Morgan fingerprint density at radius 1 is 1.04 bits per heavy atom. The lowest BCUT2D eigenvalue weighted by Crippen LogP contribution is -2.10. The molecular formula is C18H23Cl2N3O. The predicted octanol–water partition coefficient (Wildman–Crippen LogP) is 4.38. The van der Waals surface area contributed by atoms with Crippen LogP contribution in [0.1, 0.15) is 17.0 Å². The molecule has 0 fully saturated rings. The number of fused-ring (bicyclic) bond motifs is 1. The first-order chi connectivity index (χ1) is 10.6. The third-order valence-corrected chi connectivity index (χ3v) is 3.86. The molecule has 0 saturated heterocycles. The highest BCUT2D eigenvalue weighted by atomic mass is 35.5. The van der Waals surface area contributed by atoms with Gasteiger partial charge in [-0.25, -0.2) is 4.98 Å². The van der Waals surface area contributed by atoms with E-state index in [1.54, 1.807) is 7.11 Å². The fraction of sp³-hybridized carbons (Fsp3) is 0.278. The molecular weight excluding hydrogens is 345 g/mol. The van der Waals surface area contributed by atoms with Gasteiger partial charge < -0.3 is 14.6 Å². The molecule has 0 aliphatic carbocycles. The summed E-state index contributed by atoms with van der Waals surface area (Å²) in [6, 6.07) is 12.3. The number of aromatic nitrogens is 2. The quantitative estimate of drug-likeness (QED) is 0.743. The Morgan fingerprint density at radius 3 is 2.29 bits per heavy atom. The number of aromatic amines is 1. The van der Waals surface area contributed by atoms with Crippen molar-refractivity contribution >= 4 is 41.5 Å². The molecule has 2 aromatic carbocycles. The molecule has 0 aliphatic heterocycles. The van der Waals surface area contributed by atoms with E-state index in [0.717, 1.165) is 29.0 Å². The Hall–Kier alpha value is -1.91. The van der Waals surface area contributed by atoms with E-state index >= 15 is 0 Å². The molecule has 3 rings (SSSR count). The van der Waals surface area contributed by atoms with Gasteiger partial charge >= 0.3 is 0 Å². The van der Waals surface area contributed by atoms with E-state index in [4.69, 9.17) is 9.72 Å². The zero-order valence-electron chi connectivity index (χ0n) is 14.3. The summed E-state index contributed by atoms with van der Waals surface area (Å²) in [6.45, 7) is 2.12. The number of H-pyrrole nitrogens is 1. The number of rotatable bonds is 4. The fourth-order valence-corrected chi connectivity index (χ4v) is 2.80. The summed E-state index contributed by atoms with van der Waals surface area (Å²) in [5.74, 6) is 1.85. The van der Waals surface area contributed by atoms with Crippen LogP contribution in [-0.4, -0.2) is 31.2 Å². The van der Waals surface area contributed by atoms with Crippen LogP contribution in [0.15, 0.2) is 36.4 Å². The molecule has 0 amide bonds. The third kappa shape index (κ3) is 3.94. The predicted molar refractivity (Wildman–Crippen MR) is 105 cm³/mol. The van der Waals surface area contributed by atoms with Crippen LogP contribution in [0.25, 0.3) is 11.0 Å². The monoisotopic (exact) mass is 367 g/mol. The van der Waals surface area contributed by atoms with Crippen LogP contribution in [0.5, 0.6) is 5.75 Å². The minimum absolute atomic E-state index is 0. The van der Waals surface area contributed by atoms with Gasteiger partial charge in [-0.05, 0) is 36.2 Å². The van der Waals surface area contributed by atoms with Gasteiger partial charge in [0, 0.05) is 20.5 Å². The largest absolute Gasteiger partial charge is 0.497 e. The molecule has 0 atom stereocenters. The topological polar surface area (TPSA) is 41.1 Å². The number of imidazole rings is 1. The first kappa shape index (κ1) is 20.1. The molecule has 130 valence electrons. The summed E-state index contributed by atoms with van der Waals surface area (Å²) in [5, 5.41) is 0. The van der Waals surface area contributed by atoms with Gasteiger partial charge in [0.25, 0.3) is 0 Å². The van der Waals surface area contributed by atoms with Gasteiger partial charge in [-0.2, -0.15) is 0 Å². The molecule has 0 saturated carbocycles. The van der Waals surface area contributed by atoms with E-state index in [2.05, 4.69) is 55.2 Å². The second-order valence-electron chi connectivity index (χ2n) is 5.73. The smallest absolute Gasteiger partial charge is 0.118 e. The molecule has 0 aliphatic rings. The summed E-state index contributed by atoms with van der Waals surface area (Å²) in [6.07, 6.45) is 0.782. The Bertz CT molecular complexity index is 798. The van der Waals surface area contributed by atoms with Gasteiger partial charge in [-0.1, -0.05) is 18.2 Å². The third-order valence-electron chi connectivity index (χ3n) is 3.86. The number of anilines is 1. The lowest BCUT2D eigenvalue weighted by Gasteiger charge is -2.15. The van der Waals surface area contributed by atoms with Gasteiger partial charge in [0.2, 0.25) is 0 Å². The van der Waals surface area contributed by atoms with Crippen molar-refractivity contribution in [3.8, 4) is 5.75 Å². The summed E-state index contributed by atoms with van der Waals surface area (Å²) in [4.78, 5) is 10.4. The summed E-state index contributed by atoms with van der Waals surface area (Å²) in [7, 11) is 5.79. The number of aryl methyl sites for hydroxylation is 1. The Morgan fingerprint density at radius 2 is 1.71 bits per heavy atom. The maximum atomic E-state index is 5.19. The van der Waals surface area contributed by atoms with Crippen molar-refractivity contribution in [1.29, 1.82) is 0 Å². The molecule has 1 N–H and O–H groups in total.